The van der Waals surface area contributed by atoms with Gasteiger partial charge in [0.2, 0.25) is 10.0 Å². The maximum absolute atomic E-state index is 11.8. The van der Waals surface area contributed by atoms with Crippen molar-refractivity contribution in [3.8, 4) is 0 Å². The zero-order chi connectivity index (χ0) is 13.1. The number of aliphatic hydroxyl groups excluding tert-OH is 1. The molecule has 0 fully saturated rings. The van der Waals surface area contributed by atoms with Crippen LogP contribution in [0.4, 0.5) is 0 Å². The summed E-state index contributed by atoms with van der Waals surface area (Å²) in [4.78, 5) is 0. The van der Waals surface area contributed by atoms with Crippen LogP contribution in [0.1, 0.15) is 23.6 Å². The molecular formula is C12H19NO3S. The fourth-order valence-corrected chi connectivity index (χ4v) is 3.00. The molecule has 0 spiro atoms. The third-order valence-electron chi connectivity index (χ3n) is 2.58. The standard InChI is InChI=1S/C12H19NO3S/c1-9-5-4-6-10(2)12(9)8-17(15,16)13-7-11(3)14/h4-6,11,13-14H,7-8H2,1-3H3. The Morgan fingerprint density at radius 3 is 2.29 bits per heavy atom. The molecule has 1 aromatic rings. The Morgan fingerprint density at radius 2 is 1.82 bits per heavy atom. The second kappa shape index (κ2) is 5.62. The molecule has 4 nitrogen and oxygen atoms in total. The highest BCUT2D eigenvalue weighted by molar-refractivity contribution is 7.88. The number of aryl methyl sites for hydroxylation is 2. The average Bonchev–Trinajstić information content (AvgIpc) is 2.21. The van der Waals surface area contributed by atoms with Gasteiger partial charge in [-0.25, -0.2) is 13.1 Å². The molecule has 1 atom stereocenters. The van der Waals surface area contributed by atoms with E-state index in [0.717, 1.165) is 16.7 Å². The molecule has 0 saturated heterocycles. The maximum atomic E-state index is 11.8. The lowest BCUT2D eigenvalue weighted by Crippen LogP contribution is -2.31. The Balaban J connectivity index is 2.83. The van der Waals surface area contributed by atoms with Crippen molar-refractivity contribution in [1.82, 2.24) is 4.72 Å². The van der Waals surface area contributed by atoms with Crippen molar-refractivity contribution in [2.24, 2.45) is 0 Å². The van der Waals surface area contributed by atoms with Crippen LogP contribution in [0.3, 0.4) is 0 Å². The molecule has 0 bridgehead atoms. The number of benzene rings is 1. The molecule has 1 aromatic carbocycles. The Kier molecular flexibility index (Phi) is 4.68. The van der Waals surface area contributed by atoms with E-state index in [1.54, 1.807) is 6.92 Å². The molecule has 96 valence electrons. The van der Waals surface area contributed by atoms with Gasteiger partial charge in [-0.15, -0.1) is 0 Å². The van der Waals surface area contributed by atoms with Crippen molar-refractivity contribution in [3.63, 3.8) is 0 Å². The van der Waals surface area contributed by atoms with Gasteiger partial charge in [0.1, 0.15) is 0 Å². The van der Waals surface area contributed by atoms with Gasteiger partial charge in [-0.3, -0.25) is 0 Å². The minimum Gasteiger partial charge on any atom is -0.392 e. The van der Waals surface area contributed by atoms with Gasteiger partial charge in [-0.1, -0.05) is 18.2 Å². The van der Waals surface area contributed by atoms with Crippen molar-refractivity contribution in [1.29, 1.82) is 0 Å². The third kappa shape index (κ3) is 4.46. The molecule has 0 heterocycles. The maximum Gasteiger partial charge on any atom is 0.215 e. The lowest BCUT2D eigenvalue weighted by Gasteiger charge is -2.12. The van der Waals surface area contributed by atoms with Crippen LogP contribution in [0.5, 0.6) is 0 Å². The SMILES string of the molecule is Cc1cccc(C)c1CS(=O)(=O)NCC(C)O. The monoisotopic (exact) mass is 257 g/mol. The summed E-state index contributed by atoms with van der Waals surface area (Å²) in [6.45, 7) is 5.38. The van der Waals surface area contributed by atoms with Gasteiger partial charge in [-0.05, 0) is 37.5 Å². The van der Waals surface area contributed by atoms with Gasteiger partial charge < -0.3 is 5.11 Å². The topological polar surface area (TPSA) is 66.4 Å². The smallest absolute Gasteiger partial charge is 0.215 e. The molecule has 0 radical (unpaired) electrons. The van der Waals surface area contributed by atoms with E-state index in [0.29, 0.717) is 0 Å². The molecule has 0 aliphatic rings. The van der Waals surface area contributed by atoms with E-state index in [1.165, 1.54) is 0 Å². The molecule has 5 heteroatoms. The summed E-state index contributed by atoms with van der Waals surface area (Å²) in [5, 5.41) is 9.06. The van der Waals surface area contributed by atoms with Crippen LogP contribution in [0.2, 0.25) is 0 Å². The van der Waals surface area contributed by atoms with Crippen molar-refractivity contribution in [2.45, 2.75) is 32.6 Å². The van der Waals surface area contributed by atoms with E-state index in [4.69, 9.17) is 5.11 Å². The molecule has 0 aliphatic carbocycles. The molecule has 1 rings (SSSR count). The van der Waals surface area contributed by atoms with E-state index >= 15 is 0 Å². The molecular weight excluding hydrogens is 238 g/mol. The van der Waals surface area contributed by atoms with Gasteiger partial charge >= 0.3 is 0 Å². The predicted molar refractivity (Wildman–Crippen MR) is 68.2 cm³/mol. The van der Waals surface area contributed by atoms with Gasteiger partial charge in [0.25, 0.3) is 0 Å². The van der Waals surface area contributed by atoms with Gasteiger partial charge in [0.15, 0.2) is 0 Å². The van der Waals surface area contributed by atoms with E-state index in [9.17, 15) is 8.42 Å². The highest BCUT2D eigenvalue weighted by atomic mass is 32.2. The second-order valence-electron chi connectivity index (χ2n) is 4.33. The van der Waals surface area contributed by atoms with Crippen molar-refractivity contribution in [3.05, 3.63) is 34.9 Å². The molecule has 0 aromatic heterocycles. The number of nitrogens with one attached hydrogen (secondary N) is 1. The summed E-state index contributed by atoms with van der Waals surface area (Å²) in [6, 6.07) is 5.70. The first-order chi connectivity index (χ1) is 7.82. The zero-order valence-corrected chi connectivity index (χ0v) is 11.2. The normalized spacial score (nSPS) is 13.6. The van der Waals surface area contributed by atoms with Gasteiger partial charge in [0.05, 0.1) is 11.9 Å². The van der Waals surface area contributed by atoms with Crippen LogP contribution in [0.15, 0.2) is 18.2 Å². The van der Waals surface area contributed by atoms with Crippen LogP contribution in [-0.4, -0.2) is 26.2 Å². The Morgan fingerprint density at radius 1 is 1.29 bits per heavy atom. The lowest BCUT2D eigenvalue weighted by atomic mass is 10.1. The van der Waals surface area contributed by atoms with E-state index in [1.807, 2.05) is 32.0 Å². The molecule has 17 heavy (non-hydrogen) atoms. The third-order valence-corrected chi connectivity index (χ3v) is 3.85. The fraction of sp³-hybridized carbons (Fsp3) is 0.500. The molecule has 0 saturated carbocycles. The minimum atomic E-state index is -3.38. The highest BCUT2D eigenvalue weighted by Gasteiger charge is 2.15. The largest absolute Gasteiger partial charge is 0.392 e. The van der Waals surface area contributed by atoms with Gasteiger partial charge in [-0.2, -0.15) is 0 Å². The summed E-state index contributed by atoms with van der Waals surface area (Å²) >= 11 is 0. The quantitative estimate of drug-likeness (QED) is 0.830. The molecule has 0 aliphatic heterocycles. The minimum absolute atomic E-state index is 0.0434. The first-order valence-electron chi connectivity index (χ1n) is 5.52. The second-order valence-corrected chi connectivity index (χ2v) is 6.13. The van der Waals surface area contributed by atoms with Crippen LogP contribution < -0.4 is 4.72 Å². The number of hydrogen-bond donors (Lipinski definition) is 2. The Bertz CT molecular complexity index is 460. The fourth-order valence-electron chi connectivity index (χ4n) is 1.57. The summed E-state index contributed by atoms with van der Waals surface area (Å²) < 4.78 is 26.0. The summed E-state index contributed by atoms with van der Waals surface area (Å²) in [5.74, 6) is -0.0434. The summed E-state index contributed by atoms with van der Waals surface area (Å²) in [7, 11) is -3.38. The molecule has 1 unspecified atom stereocenters. The Hall–Kier alpha value is -0.910. The van der Waals surface area contributed by atoms with Crippen molar-refractivity contribution >= 4 is 10.0 Å². The first kappa shape index (κ1) is 14.2. The summed E-state index contributed by atoms with van der Waals surface area (Å²) in [5.41, 5.74) is 2.76. The van der Waals surface area contributed by atoms with Crippen LogP contribution in [-0.2, 0) is 15.8 Å². The number of aliphatic hydroxyl groups is 1. The van der Waals surface area contributed by atoms with Crippen LogP contribution >= 0.6 is 0 Å². The number of hydrogen-bond acceptors (Lipinski definition) is 3. The lowest BCUT2D eigenvalue weighted by molar-refractivity contribution is 0.198. The van der Waals surface area contributed by atoms with E-state index in [2.05, 4.69) is 4.72 Å². The van der Waals surface area contributed by atoms with Crippen molar-refractivity contribution in [2.75, 3.05) is 6.54 Å². The van der Waals surface area contributed by atoms with E-state index < -0.39 is 16.1 Å². The number of rotatable bonds is 5. The highest BCUT2D eigenvalue weighted by Crippen LogP contribution is 2.15. The van der Waals surface area contributed by atoms with Crippen LogP contribution in [0.25, 0.3) is 0 Å². The predicted octanol–water partition coefficient (Wildman–Crippen LogP) is 1.10. The zero-order valence-electron chi connectivity index (χ0n) is 10.4. The summed E-state index contributed by atoms with van der Waals surface area (Å²) in [6.07, 6.45) is -0.678. The molecule has 0 amide bonds. The van der Waals surface area contributed by atoms with Gasteiger partial charge in [0, 0.05) is 6.54 Å². The van der Waals surface area contributed by atoms with Crippen molar-refractivity contribution < 1.29 is 13.5 Å². The van der Waals surface area contributed by atoms with Crippen LogP contribution in [0, 0.1) is 13.8 Å². The first-order valence-corrected chi connectivity index (χ1v) is 7.17. The van der Waals surface area contributed by atoms with E-state index in [-0.39, 0.29) is 12.3 Å². The molecule has 2 N–H and O–H groups in total. The average molecular weight is 257 g/mol. The Labute approximate surface area is 103 Å². The number of sulfonamides is 1.